The number of likely N-dealkylation sites (tertiary alicyclic amines) is 1. The fourth-order valence-corrected chi connectivity index (χ4v) is 2.09. The summed E-state index contributed by atoms with van der Waals surface area (Å²) < 4.78 is 0. The molecule has 17 heavy (non-hydrogen) atoms. The van der Waals surface area contributed by atoms with Crippen molar-refractivity contribution >= 4 is 11.7 Å². The molecule has 1 atom stereocenters. The van der Waals surface area contributed by atoms with Crippen molar-refractivity contribution in [1.29, 1.82) is 0 Å². The number of likely N-dealkylation sites (N-methyl/N-ethyl adjacent to an activating group) is 1. The lowest BCUT2D eigenvalue weighted by atomic mass is 10.1. The minimum atomic E-state index is -0.0715. The molecular formula is C12H18N4O. The lowest BCUT2D eigenvalue weighted by Gasteiger charge is -2.30. The summed E-state index contributed by atoms with van der Waals surface area (Å²) in [6.07, 6.45) is 3.68. The van der Waals surface area contributed by atoms with Crippen LogP contribution in [0, 0.1) is 0 Å². The second kappa shape index (κ2) is 5.14. The van der Waals surface area contributed by atoms with Crippen molar-refractivity contribution in [2.45, 2.75) is 18.9 Å². The monoisotopic (exact) mass is 234 g/mol. The van der Waals surface area contributed by atoms with Crippen molar-refractivity contribution in [2.24, 2.45) is 0 Å². The molecule has 5 nitrogen and oxygen atoms in total. The molecule has 0 aromatic carbocycles. The number of nitrogens with zero attached hydrogens (tertiary/aromatic N) is 2. The van der Waals surface area contributed by atoms with Crippen LogP contribution in [0.2, 0.25) is 0 Å². The number of aromatic nitrogens is 1. The minimum Gasteiger partial charge on any atom is -0.384 e. The van der Waals surface area contributed by atoms with E-state index in [9.17, 15) is 4.79 Å². The summed E-state index contributed by atoms with van der Waals surface area (Å²) in [5.41, 5.74) is 6.04. The maximum absolute atomic E-state index is 11.9. The predicted octanol–water partition coefficient (Wildman–Crippen LogP) is 0.488. The van der Waals surface area contributed by atoms with Gasteiger partial charge in [0, 0.05) is 18.8 Å². The van der Waals surface area contributed by atoms with Gasteiger partial charge in [0.15, 0.2) is 0 Å². The molecule has 0 spiro atoms. The number of hydrogen-bond acceptors (Lipinski definition) is 4. The topological polar surface area (TPSA) is 71.2 Å². The summed E-state index contributed by atoms with van der Waals surface area (Å²) in [6.45, 7) is 2.02. The predicted molar refractivity (Wildman–Crippen MR) is 66.6 cm³/mol. The molecule has 5 heteroatoms. The van der Waals surface area contributed by atoms with E-state index in [1.807, 2.05) is 0 Å². The van der Waals surface area contributed by atoms with Crippen LogP contribution >= 0.6 is 0 Å². The first kappa shape index (κ1) is 11.9. The fraction of sp³-hybridized carbons (Fsp3) is 0.500. The molecular weight excluding hydrogens is 216 g/mol. The number of nitrogens with one attached hydrogen (secondary N) is 1. The summed E-state index contributed by atoms with van der Waals surface area (Å²) in [5, 5.41) is 3.02. The molecule has 2 heterocycles. The summed E-state index contributed by atoms with van der Waals surface area (Å²) >= 11 is 0. The Morgan fingerprint density at radius 1 is 1.59 bits per heavy atom. The highest BCUT2D eigenvalue weighted by Gasteiger charge is 2.19. The Balaban J connectivity index is 1.94. The van der Waals surface area contributed by atoms with Crippen molar-refractivity contribution < 1.29 is 4.79 Å². The number of anilines is 1. The van der Waals surface area contributed by atoms with E-state index in [2.05, 4.69) is 22.2 Å². The zero-order valence-corrected chi connectivity index (χ0v) is 10.0. The van der Waals surface area contributed by atoms with Crippen LogP contribution in [0.5, 0.6) is 0 Å². The number of piperidine rings is 1. The van der Waals surface area contributed by atoms with Gasteiger partial charge in [-0.3, -0.25) is 4.79 Å². The first-order valence-corrected chi connectivity index (χ1v) is 5.86. The van der Waals surface area contributed by atoms with E-state index in [1.165, 1.54) is 6.20 Å². The van der Waals surface area contributed by atoms with Gasteiger partial charge in [0.2, 0.25) is 0 Å². The number of hydrogen-bond donors (Lipinski definition) is 2. The van der Waals surface area contributed by atoms with Crippen molar-refractivity contribution in [3.63, 3.8) is 0 Å². The molecule has 1 amide bonds. The number of carbonyl (C=O) groups excluding carboxylic acids is 1. The largest absolute Gasteiger partial charge is 0.384 e. The van der Waals surface area contributed by atoms with Gasteiger partial charge in [0.05, 0.1) is 5.56 Å². The Morgan fingerprint density at radius 2 is 2.41 bits per heavy atom. The van der Waals surface area contributed by atoms with Gasteiger partial charge in [0.25, 0.3) is 5.91 Å². The first-order valence-electron chi connectivity index (χ1n) is 5.86. The zero-order chi connectivity index (χ0) is 12.3. The van der Waals surface area contributed by atoms with E-state index in [-0.39, 0.29) is 11.9 Å². The normalized spacial score (nSPS) is 21.1. The number of nitrogens with two attached hydrogens (primary N) is 1. The average Bonchev–Trinajstić information content (AvgIpc) is 2.29. The standard InChI is InChI=1S/C12H18N4O/c1-16-6-2-3-10(8-16)15-12(17)9-4-5-11(13)14-7-9/h4-5,7,10H,2-3,6,8H2,1H3,(H2,13,14)(H,15,17)/t10-/m0/s1. The molecule has 0 bridgehead atoms. The van der Waals surface area contributed by atoms with Gasteiger partial charge < -0.3 is 16.0 Å². The molecule has 1 aliphatic rings. The molecule has 0 radical (unpaired) electrons. The van der Waals surface area contributed by atoms with Crippen molar-refractivity contribution in [1.82, 2.24) is 15.2 Å². The summed E-state index contributed by atoms with van der Waals surface area (Å²) in [6, 6.07) is 3.57. The Hall–Kier alpha value is -1.62. The highest BCUT2D eigenvalue weighted by Crippen LogP contribution is 2.09. The van der Waals surface area contributed by atoms with Crippen LogP contribution in [0.4, 0.5) is 5.82 Å². The van der Waals surface area contributed by atoms with E-state index in [0.717, 1.165) is 25.9 Å². The van der Waals surface area contributed by atoms with Gasteiger partial charge in [-0.2, -0.15) is 0 Å². The number of pyridine rings is 1. The molecule has 3 N–H and O–H groups in total. The second-order valence-electron chi connectivity index (χ2n) is 4.55. The molecule has 1 fully saturated rings. The number of carbonyl (C=O) groups is 1. The first-order chi connectivity index (χ1) is 8.15. The molecule has 0 aliphatic carbocycles. The van der Waals surface area contributed by atoms with Gasteiger partial charge in [-0.1, -0.05) is 0 Å². The smallest absolute Gasteiger partial charge is 0.253 e. The lowest BCUT2D eigenvalue weighted by Crippen LogP contribution is -2.46. The third-order valence-electron chi connectivity index (χ3n) is 3.01. The molecule has 1 aromatic heterocycles. The molecule has 92 valence electrons. The van der Waals surface area contributed by atoms with Crippen molar-refractivity contribution in [3.05, 3.63) is 23.9 Å². The molecule has 0 unspecified atom stereocenters. The third-order valence-corrected chi connectivity index (χ3v) is 3.01. The van der Waals surface area contributed by atoms with E-state index in [0.29, 0.717) is 11.4 Å². The van der Waals surface area contributed by atoms with Crippen LogP contribution < -0.4 is 11.1 Å². The zero-order valence-electron chi connectivity index (χ0n) is 10.0. The number of rotatable bonds is 2. The Labute approximate surface area is 101 Å². The highest BCUT2D eigenvalue weighted by molar-refractivity contribution is 5.94. The van der Waals surface area contributed by atoms with E-state index in [4.69, 9.17) is 5.73 Å². The van der Waals surface area contributed by atoms with Crippen LogP contribution in [0.1, 0.15) is 23.2 Å². The van der Waals surface area contributed by atoms with E-state index in [1.54, 1.807) is 12.1 Å². The average molecular weight is 234 g/mol. The lowest BCUT2D eigenvalue weighted by molar-refractivity contribution is 0.0912. The molecule has 0 saturated carbocycles. The second-order valence-corrected chi connectivity index (χ2v) is 4.55. The quantitative estimate of drug-likeness (QED) is 0.781. The molecule has 1 saturated heterocycles. The summed E-state index contributed by atoms with van der Waals surface area (Å²) in [7, 11) is 2.07. The van der Waals surface area contributed by atoms with Gasteiger partial charge in [0.1, 0.15) is 5.82 Å². The van der Waals surface area contributed by atoms with Gasteiger partial charge in [-0.05, 0) is 38.6 Å². The van der Waals surface area contributed by atoms with Gasteiger partial charge >= 0.3 is 0 Å². The molecule has 1 aliphatic heterocycles. The maximum atomic E-state index is 11.9. The van der Waals surface area contributed by atoms with Crippen LogP contribution in [-0.4, -0.2) is 42.0 Å². The van der Waals surface area contributed by atoms with Crippen LogP contribution in [0.15, 0.2) is 18.3 Å². The Morgan fingerprint density at radius 3 is 3.06 bits per heavy atom. The Bertz CT molecular complexity index is 390. The van der Waals surface area contributed by atoms with Crippen LogP contribution in [0.25, 0.3) is 0 Å². The minimum absolute atomic E-state index is 0.0715. The third kappa shape index (κ3) is 3.17. The SMILES string of the molecule is CN1CCC[C@H](NC(=O)c2ccc(N)nc2)C1. The van der Waals surface area contributed by atoms with Crippen LogP contribution in [0.3, 0.4) is 0 Å². The van der Waals surface area contributed by atoms with E-state index >= 15 is 0 Å². The Kier molecular flexibility index (Phi) is 3.58. The van der Waals surface area contributed by atoms with Crippen molar-refractivity contribution in [3.8, 4) is 0 Å². The number of amides is 1. The maximum Gasteiger partial charge on any atom is 0.253 e. The highest BCUT2D eigenvalue weighted by atomic mass is 16.1. The van der Waals surface area contributed by atoms with Gasteiger partial charge in [-0.15, -0.1) is 0 Å². The summed E-state index contributed by atoms with van der Waals surface area (Å²) in [5.74, 6) is 0.358. The molecule has 1 aromatic rings. The fourth-order valence-electron chi connectivity index (χ4n) is 2.09. The van der Waals surface area contributed by atoms with Gasteiger partial charge in [-0.25, -0.2) is 4.98 Å². The summed E-state index contributed by atoms with van der Waals surface area (Å²) in [4.78, 5) is 18.1. The van der Waals surface area contributed by atoms with E-state index < -0.39 is 0 Å². The van der Waals surface area contributed by atoms with Crippen LogP contribution in [-0.2, 0) is 0 Å². The van der Waals surface area contributed by atoms with Crippen molar-refractivity contribution in [2.75, 3.05) is 25.9 Å². The molecule has 2 rings (SSSR count). The number of nitrogen functional groups attached to an aromatic ring is 1.